The van der Waals surface area contributed by atoms with Crippen LogP contribution in [0.5, 0.6) is 0 Å². The molecule has 2 N–H and O–H groups in total. The Morgan fingerprint density at radius 2 is 1.47 bits per heavy atom. The zero-order chi connectivity index (χ0) is 15.6. The van der Waals surface area contributed by atoms with E-state index in [0.717, 1.165) is 0 Å². The Morgan fingerprint density at radius 3 is 1.79 bits per heavy atom. The Morgan fingerprint density at radius 1 is 1.05 bits per heavy atom. The van der Waals surface area contributed by atoms with Crippen molar-refractivity contribution in [2.75, 3.05) is 0 Å². The molecule has 0 rings (SSSR count). The van der Waals surface area contributed by atoms with Crippen molar-refractivity contribution in [1.29, 1.82) is 0 Å². The molecule has 0 amide bonds. The van der Waals surface area contributed by atoms with Crippen molar-refractivity contribution < 1.29 is 14.3 Å². The molecule has 0 aliphatic rings. The van der Waals surface area contributed by atoms with Gasteiger partial charge in [-0.05, 0) is 27.2 Å². The number of carbonyl (C=O) groups excluding carboxylic acids is 2. The van der Waals surface area contributed by atoms with E-state index in [1.807, 2.05) is 34.6 Å². The molecule has 0 spiro atoms. The highest BCUT2D eigenvalue weighted by Crippen LogP contribution is 2.35. The first-order valence-corrected chi connectivity index (χ1v) is 6.75. The molecular weight excluding hydrogens is 242 g/mol. The third-order valence-corrected chi connectivity index (χ3v) is 2.91. The molecule has 0 aliphatic heterocycles. The molecule has 1 unspecified atom stereocenters. The largest absolute Gasteiger partial charge is 0.462 e. The van der Waals surface area contributed by atoms with Gasteiger partial charge in [0, 0.05) is 10.8 Å². The molecule has 0 aromatic rings. The van der Waals surface area contributed by atoms with Crippen LogP contribution >= 0.6 is 0 Å². The van der Waals surface area contributed by atoms with Crippen LogP contribution in [0.15, 0.2) is 0 Å². The van der Waals surface area contributed by atoms with Crippen molar-refractivity contribution >= 4 is 11.8 Å². The molecule has 0 saturated heterocycles. The number of rotatable bonds is 5. The Bertz CT molecular complexity index is 349. The summed E-state index contributed by atoms with van der Waals surface area (Å²) in [4.78, 5) is 24.4. The van der Waals surface area contributed by atoms with Crippen LogP contribution < -0.4 is 5.73 Å². The second kappa shape index (κ2) is 5.61. The number of carbonyl (C=O) groups is 2. The number of ether oxygens (including phenoxy) is 1. The highest BCUT2D eigenvalue weighted by Gasteiger charge is 2.43. The molecule has 0 bridgehead atoms. The average molecular weight is 271 g/mol. The quantitative estimate of drug-likeness (QED) is 0.780. The maximum Gasteiger partial charge on any atom is 0.326 e. The summed E-state index contributed by atoms with van der Waals surface area (Å²) in [5.74, 6) is -0.369. The van der Waals surface area contributed by atoms with Crippen LogP contribution in [0.4, 0.5) is 0 Å². The van der Waals surface area contributed by atoms with E-state index in [4.69, 9.17) is 10.5 Å². The molecule has 4 nitrogen and oxygen atoms in total. The summed E-state index contributed by atoms with van der Waals surface area (Å²) in [5.41, 5.74) is 3.77. The third kappa shape index (κ3) is 5.31. The summed E-state index contributed by atoms with van der Waals surface area (Å²) in [7, 11) is 0. The molecule has 0 aliphatic carbocycles. The number of hydrogen-bond donors (Lipinski definition) is 1. The fraction of sp³-hybridized carbons (Fsp3) is 0.867. The molecule has 1 atom stereocenters. The SMILES string of the molecule is CC(C)OC(=O)C(C)(N)CC(C)(C)C(=O)C(C)(C)C. The molecule has 0 heterocycles. The first kappa shape index (κ1) is 18.1. The van der Waals surface area contributed by atoms with Crippen molar-refractivity contribution in [3.8, 4) is 0 Å². The standard InChI is InChI=1S/C15H29NO3/c1-10(2)19-12(18)15(8,16)9-14(6,7)11(17)13(3,4)5/h10H,9,16H2,1-8H3. The Kier molecular flexibility index (Phi) is 5.35. The maximum atomic E-state index is 12.4. The van der Waals surface area contributed by atoms with E-state index < -0.39 is 22.3 Å². The average Bonchev–Trinajstić information content (AvgIpc) is 2.12. The number of ketones is 1. The van der Waals surface area contributed by atoms with Crippen LogP contribution in [0.25, 0.3) is 0 Å². The highest BCUT2D eigenvalue weighted by molar-refractivity contribution is 5.90. The van der Waals surface area contributed by atoms with Gasteiger partial charge < -0.3 is 10.5 Å². The van der Waals surface area contributed by atoms with E-state index in [1.54, 1.807) is 20.8 Å². The van der Waals surface area contributed by atoms with E-state index in [2.05, 4.69) is 0 Å². The molecule has 0 fully saturated rings. The van der Waals surface area contributed by atoms with Gasteiger partial charge in [-0.15, -0.1) is 0 Å². The molecule has 0 radical (unpaired) electrons. The lowest BCUT2D eigenvalue weighted by molar-refractivity contribution is -0.155. The zero-order valence-corrected chi connectivity index (χ0v) is 13.6. The second-order valence-corrected chi connectivity index (χ2v) is 7.51. The van der Waals surface area contributed by atoms with Gasteiger partial charge in [-0.2, -0.15) is 0 Å². The lowest BCUT2D eigenvalue weighted by Crippen LogP contribution is -2.52. The maximum absolute atomic E-state index is 12.4. The van der Waals surface area contributed by atoms with Crippen LogP contribution in [-0.4, -0.2) is 23.4 Å². The van der Waals surface area contributed by atoms with Crippen LogP contribution in [0.2, 0.25) is 0 Å². The smallest absolute Gasteiger partial charge is 0.326 e. The summed E-state index contributed by atoms with van der Waals surface area (Å²) in [6.07, 6.45) is 0.0542. The normalized spacial score (nSPS) is 16.1. The first-order chi connectivity index (χ1) is 8.20. The summed E-state index contributed by atoms with van der Waals surface area (Å²) in [6.45, 7) is 14.4. The Labute approximate surface area is 117 Å². The summed E-state index contributed by atoms with van der Waals surface area (Å²) >= 11 is 0. The first-order valence-electron chi connectivity index (χ1n) is 6.75. The third-order valence-electron chi connectivity index (χ3n) is 2.91. The number of esters is 1. The molecular formula is C15H29NO3. The van der Waals surface area contributed by atoms with Crippen LogP contribution in [-0.2, 0) is 14.3 Å². The predicted octanol–water partition coefficient (Wildman–Crippen LogP) is 2.69. The van der Waals surface area contributed by atoms with Crippen molar-refractivity contribution in [3.05, 3.63) is 0 Å². The number of Topliss-reactive ketones (excluding diaryl/α,β-unsaturated/α-hetero) is 1. The van der Waals surface area contributed by atoms with Crippen molar-refractivity contribution in [2.24, 2.45) is 16.6 Å². The molecule has 4 heteroatoms. The van der Waals surface area contributed by atoms with Crippen molar-refractivity contribution in [1.82, 2.24) is 0 Å². The van der Waals surface area contributed by atoms with Gasteiger partial charge in [-0.25, -0.2) is 0 Å². The molecule has 0 aromatic heterocycles. The van der Waals surface area contributed by atoms with Gasteiger partial charge in [0.05, 0.1) is 6.10 Å². The van der Waals surface area contributed by atoms with Gasteiger partial charge in [0.25, 0.3) is 0 Å². The predicted molar refractivity (Wildman–Crippen MR) is 76.7 cm³/mol. The van der Waals surface area contributed by atoms with E-state index in [9.17, 15) is 9.59 Å². The van der Waals surface area contributed by atoms with Gasteiger partial charge in [-0.1, -0.05) is 34.6 Å². The topological polar surface area (TPSA) is 69.4 Å². The Hall–Kier alpha value is -0.900. The summed E-state index contributed by atoms with van der Waals surface area (Å²) in [6, 6.07) is 0. The van der Waals surface area contributed by atoms with Crippen molar-refractivity contribution in [2.45, 2.75) is 73.5 Å². The van der Waals surface area contributed by atoms with Crippen molar-refractivity contribution in [3.63, 3.8) is 0 Å². The molecule has 112 valence electrons. The lowest BCUT2D eigenvalue weighted by Gasteiger charge is -2.36. The van der Waals surface area contributed by atoms with Gasteiger partial charge in [0.2, 0.25) is 0 Å². The van der Waals surface area contributed by atoms with Crippen LogP contribution in [0, 0.1) is 10.8 Å². The number of hydrogen-bond acceptors (Lipinski definition) is 4. The molecule has 0 aromatic carbocycles. The van der Waals surface area contributed by atoms with Crippen LogP contribution in [0.1, 0.15) is 61.8 Å². The van der Waals surface area contributed by atoms with Gasteiger partial charge in [0.15, 0.2) is 0 Å². The number of nitrogens with two attached hydrogens (primary N) is 1. The van der Waals surface area contributed by atoms with E-state index in [1.165, 1.54) is 0 Å². The summed E-state index contributed by atoms with van der Waals surface area (Å²) in [5, 5.41) is 0. The van der Waals surface area contributed by atoms with Gasteiger partial charge in [-0.3, -0.25) is 9.59 Å². The lowest BCUT2D eigenvalue weighted by atomic mass is 9.69. The summed E-state index contributed by atoms with van der Waals surface area (Å²) < 4.78 is 5.15. The minimum absolute atomic E-state index is 0.0917. The fourth-order valence-corrected chi connectivity index (χ4v) is 2.43. The molecule has 19 heavy (non-hydrogen) atoms. The minimum Gasteiger partial charge on any atom is -0.462 e. The molecule has 0 saturated carbocycles. The fourth-order valence-electron chi connectivity index (χ4n) is 2.43. The zero-order valence-electron chi connectivity index (χ0n) is 13.6. The van der Waals surface area contributed by atoms with E-state index in [-0.39, 0.29) is 18.3 Å². The van der Waals surface area contributed by atoms with E-state index >= 15 is 0 Å². The highest BCUT2D eigenvalue weighted by atomic mass is 16.5. The monoisotopic (exact) mass is 271 g/mol. The van der Waals surface area contributed by atoms with Crippen LogP contribution in [0.3, 0.4) is 0 Å². The minimum atomic E-state index is -1.16. The Balaban J connectivity index is 5.00. The van der Waals surface area contributed by atoms with Gasteiger partial charge in [0.1, 0.15) is 11.3 Å². The second-order valence-electron chi connectivity index (χ2n) is 7.51. The van der Waals surface area contributed by atoms with Gasteiger partial charge >= 0.3 is 5.97 Å². The van der Waals surface area contributed by atoms with E-state index in [0.29, 0.717) is 0 Å².